The Morgan fingerprint density at radius 1 is 1.03 bits per heavy atom. The predicted octanol–water partition coefficient (Wildman–Crippen LogP) is 3.37. The molecule has 170 valence electrons. The summed E-state index contributed by atoms with van der Waals surface area (Å²) in [4.78, 5) is 35.3. The van der Waals surface area contributed by atoms with Gasteiger partial charge in [-0.1, -0.05) is 28.1 Å². The standard InChI is InChI=1S/C21H19BrFN7O3/c22-15-7-5-14(6-8-15)21(31)27-26-19-18(30(32)33)20(25-13-24-19)29-11-9-28(10-12-29)17-4-2-1-3-16(17)23/h1-8,13H,9-12H2,(H,27,31)(H,24,25,26). The number of carbonyl (C=O) groups excluding carboxylic acids is 1. The van der Waals surface area contributed by atoms with Crippen LogP contribution in [0, 0.1) is 15.9 Å². The molecular formula is C21H19BrFN7O3. The third kappa shape index (κ3) is 5.00. The minimum atomic E-state index is -0.591. The first-order chi connectivity index (χ1) is 15.9. The summed E-state index contributed by atoms with van der Waals surface area (Å²) in [7, 11) is 0. The first-order valence-electron chi connectivity index (χ1n) is 10.00. The van der Waals surface area contributed by atoms with Gasteiger partial charge >= 0.3 is 5.69 Å². The van der Waals surface area contributed by atoms with Crippen LogP contribution in [0.15, 0.2) is 59.3 Å². The molecule has 0 radical (unpaired) electrons. The molecule has 0 unspecified atom stereocenters. The highest BCUT2D eigenvalue weighted by Crippen LogP contribution is 2.32. The summed E-state index contributed by atoms with van der Waals surface area (Å²) in [5, 5.41) is 11.8. The Balaban J connectivity index is 1.49. The molecule has 2 heterocycles. The van der Waals surface area contributed by atoms with Gasteiger partial charge in [-0.2, -0.15) is 0 Å². The van der Waals surface area contributed by atoms with Crippen LogP contribution in [-0.2, 0) is 0 Å². The van der Waals surface area contributed by atoms with E-state index in [2.05, 4.69) is 36.7 Å². The van der Waals surface area contributed by atoms with Crippen LogP contribution in [-0.4, -0.2) is 47.0 Å². The van der Waals surface area contributed by atoms with Gasteiger partial charge < -0.3 is 9.80 Å². The van der Waals surface area contributed by atoms with Crippen molar-refractivity contribution in [1.82, 2.24) is 15.4 Å². The molecule has 1 saturated heterocycles. The Morgan fingerprint density at radius 3 is 2.36 bits per heavy atom. The number of rotatable bonds is 6. The van der Waals surface area contributed by atoms with E-state index in [1.54, 1.807) is 47.4 Å². The molecule has 33 heavy (non-hydrogen) atoms. The molecular weight excluding hydrogens is 497 g/mol. The van der Waals surface area contributed by atoms with Crippen molar-refractivity contribution in [2.75, 3.05) is 41.4 Å². The summed E-state index contributed by atoms with van der Waals surface area (Å²) < 4.78 is 14.9. The second kappa shape index (κ2) is 9.77. The first kappa shape index (κ1) is 22.4. The number of hydrazine groups is 1. The van der Waals surface area contributed by atoms with Crippen molar-refractivity contribution < 1.29 is 14.1 Å². The second-order valence-corrected chi connectivity index (χ2v) is 8.08. The van der Waals surface area contributed by atoms with E-state index in [1.807, 2.05) is 4.90 Å². The normalized spacial score (nSPS) is 13.5. The van der Waals surface area contributed by atoms with Crippen LogP contribution >= 0.6 is 15.9 Å². The number of aromatic nitrogens is 2. The zero-order valence-corrected chi connectivity index (χ0v) is 18.8. The summed E-state index contributed by atoms with van der Waals surface area (Å²) in [6.45, 7) is 1.73. The number of nitrogens with zero attached hydrogens (tertiary/aromatic N) is 5. The number of benzene rings is 2. The number of para-hydroxylation sites is 1. The zero-order chi connectivity index (χ0) is 23.4. The monoisotopic (exact) mass is 515 g/mol. The van der Waals surface area contributed by atoms with E-state index in [-0.39, 0.29) is 23.1 Å². The molecule has 0 saturated carbocycles. The van der Waals surface area contributed by atoms with Crippen LogP contribution in [0.2, 0.25) is 0 Å². The summed E-state index contributed by atoms with van der Waals surface area (Å²) in [5.41, 5.74) is 5.47. The van der Waals surface area contributed by atoms with Crippen molar-refractivity contribution in [3.63, 3.8) is 0 Å². The molecule has 0 aliphatic carbocycles. The number of nitro groups is 1. The topological polar surface area (TPSA) is 117 Å². The van der Waals surface area contributed by atoms with Gasteiger partial charge in [-0.05, 0) is 36.4 Å². The summed E-state index contributed by atoms with van der Waals surface area (Å²) in [5.74, 6) is -0.794. The van der Waals surface area contributed by atoms with E-state index in [9.17, 15) is 19.3 Å². The zero-order valence-electron chi connectivity index (χ0n) is 17.2. The SMILES string of the molecule is O=C(NNc1ncnc(N2CCN(c3ccccc3F)CC2)c1[N+](=O)[O-])c1ccc(Br)cc1. The predicted molar refractivity (Wildman–Crippen MR) is 125 cm³/mol. The molecule has 1 aromatic heterocycles. The Hall–Kier alpha value is -3.80. The van der Waals surface area contributed by atoms with Crippen molar-refractivity contribution in [1.29, 1.82) is 0 Å². The minimum Gasteiger partial charge on any atom is -0.366 e. The second-order valence-electron chi connectivity index (χ2n) is 7.16. The molecule has 0 atom stereocenters. The lowest BCUT2D eigenvalue weighted by Gasteiger charge is -2.36. The molecule has 1 aliphatic heterocycles. The molecule has 2 N–H and O–H groups in total. The largest absolute Gasteiger partial charge is 0.366 e. The van der Waals surface area contributed by atoms with Gasteiger partial charge in [0.2, 0.25) is 11.6 Å². The van der Waals surface area contributed by atoms with Crippen LogP contribution in [0.3, 0.4) is 0 Å². The van der Waals surface area contributed by atoms with E-state index < -0.39 is 10.8 Å². The van der Waals surface area contributed by atoms with Gasteiger partial charge in [-0.3, -0.25) is 25.8 Å². The maximum Gasteiger partial charge on any atom is 0.355 e. The Kier molecular flexibility index (Phi) is 6.63. The third-order valence-corrected chi connectivity index (χ3v) is 5.69. The molecule has 4 rings (SSSR count). The quantitative estimate of drug-likeness (QED) is 0.379. The van der Waals surface area contributed by atoms with Gasteiger partial charge in [0.1, 0.15) is 12.1 Å². The van der Waals surface area contributed by atoms with Crippen molar-refractivity contribution in [3.05, 3.63) is 80.8 Å². The maximum atomic E-state index is 14.1. The van der Waals surface area contributed by atoms with Gasteiger partial charge in [0.25, 0.3) is 5.91 Å². The van der Waals surface area contributed by atoms with Crippen LogP contribution in [0.4, 0.5) is 27.4 Å². The van der Waals surface area contributed by atoms with Gasteiger partial charge in [-0.15, -0.1) is 0 Å². The number of nitrogens with one attached hydrogen (secondary N) is 2. The smallest absolute Gasteiger partial charge is 0.355 e. The Bertz CT molecular complexity index is 1170. The van der Waals surface area contributed by atoms with Crippen molar-refractivity contribution >= 4 is 44.8 Å². The van der Waals surface area contributed by atoms with Crippen LogP contribution < -0.4 is 20.7 Å². The molecule has 3 aromatic rings. The highest BCUT2D eigenvalue weighted by Gasteiger charge is 2.30. The highest BCUT2D eigenvalue weighted by molar-refractivity contribution is 9.10. The molecule has 1 aliphatic rings. The molecule has 0 spiro atoms. The third-order valence-electron chi connectivity index (χ3n) is 5.16. The van der Waals surface area contributed by atoms with E-state index in [0.29, 0.717) is 37.4 Å². The highest BCUT2D eigenvalue weighted by atomic mass is 79.9. The van der Waals surface area contributed by atoms with E-state index in [4.69, 9.17) is 0 Å². The summed E-state index contributed by atoms with van der Waals surface area (Å²) in [6.07, 6.45) is 1.19. The lowest BCUT2D eigenvalue weighted by molar-refractivity contribution is -0.383. The van der Waals surface area contributed by atoms with Crippen molar-refractivity contribution in [2.45, 2.75) is 0 Å². The van der Waals surface area contributed by atoms with Crippen LogP contribution in [0.25, 0.3) is 0 Å². The lowest BCUT2D eigenvalue weighted by Crippen LogP contribution is -2.47. The number of anilines is 3. The number of amides is 1. The van der Waals surface area contributed by atoms with E-state index >= 15 is 0 Å². The van der Waals surface area contributed by atoms with E-state index in [1.165, 1.54) is 12.4 Å². The van der Waals surface area contributed by atoms with Gasteiger partial charge in [0.15, 0.2) is 0 Å². The van der Waals surface area contributed by atoms with Gasteiger partial charge in [0.05, 0.1) is 10.6 Å². The number of hydrogen-bond acceptors (Lipinski definition) is 8. The van der Waals surface area contributed by atoms with Crippen LogP contribution in [0.1, 0.15) is 10.4 Å². The Labute approximate surface area is 196 Å². The fraction of sp³-hybridized carbons (Fsp3) is 0.190. The Morgan fingerprint density at radius 2 is 1.70 bits per heavy atom. The van der Waals surface area contributed by atoms with Crippen LogP contribution in [0.5, 0.6) is 0 Å². The number of piperazine rings is 1. The molecule has 1 fully saturated rings. The first-order valence-corrected chi connectivity index (χ1v) is 10.8. The van der Waals surface area contributed by atoms with E-state index in [0.717, 1.165) is 4.47 Å². The van der Waals surface area contributed by atoms with Crippen molar-refractivity contribution in [3.8, 4) is 0 Å². The number of carbonyl (C=O) groups is 1. The summed E-state index contributed by atoms with van der Waals surface area (Å²) >= 11 is 3.30. The minimum absolute atomic E-state index is 0.128. The molecule has 2 aromatic carbocycles. The van der Waals surface area contributed by atoms with Crippen molar-refractivity contribution in [2.24, 2.45) is 0 Å². The van der Waals surface area contributed by atoms with Gasteiger partial charge in [0, 0.05) is 36.2 Å². The average molecular weight is 516 g/mol. The number of halogens is 2. The fourth-order valence-corrected chi connectivity index (χ4v) is 3.78. The molecule has 1 amide bonds. The lowest BCUT2D eigenvalue weighted by atomic mass is 10.2. The maximum absolute atomic E-state index is 14.1. The molecule has 10 nitrogen and oxygen atoms in total. The van der Waals surface area contributed by atoms with Gasteiger partial charge in [-0.25, -0.2) is 14.4 Å². The summed E-state index contributed by atoms with van der Waals surface area (Å²) in [6, 6.07) is 13.1. The molecule has 0 bridgehead atoms. The fourth-order valence-electron chi connectivity index (χ4n) is 3.52. The number of hydrogen-bond donors (Lipinski definition) is 2. The molecule has 12 heteroatoms. The average Bonchev–Trinajstić information content (AvgIpc) is 2.83.